The van der Waals surface area contributed by atoms with Gasteiger partial charge >= 0.3 is 0 Å². The molecular weight excluding hydrogens is 127 g/mol. The third-order valence-electron chi connectivity index (χ3n) is 1.21. The molecule has 1 N–H and O–H groups in total. The smallest absolute Gasteiger partial charge is 0.126 e. The van der Waals surface area contributed by atoms with E-state index in [0.29, 0.717) is 5.75 Å². The Kier molecular flexibility index (Phi) is 2.16. The first-order valence-corrected chi connectivity index (χ1v) is 3.63. The van der Waals surface area contributed by atoms with Gasteiger partial charge in [-0.1, -0.05) is 23.5 Å². The maximum absolute atomic E-state index is 9.10. The lowest BCUT2D eigenvalue weighted by Gasteiger charge is -1.97. The van der Waals surface area contributed by atoms with Gasteiger partial charge in [0.1, 0.15) is 22.0 Å². The summed E-state index contributed by atoms with van der Waals surface area (Å²) in [5, 5.41) is 9.91. The van der Waals surface area contributed by atoms with Crippen molar-refractivity contribution in [1.29, 1.82) is 0 Å². The lowest BCUT2D eigenvalue weighted by atomic mass is 10.2. The molecule has 0 aliphatic heterocycles. The molecule has 0 bridgehead atoms. The van der Waals surface area contributed by atoms with E-state index in [4.69, 9.17) is 5.11 Å². The molecule has 0 saturated carbocycles. The first-order valence-electron chi connectivity index (χ1n) is 2.81. The number of hydrogen-bond acceptors (Lipinski definition) is 1. The largest absolute Gasteiger partial charge is 0.508 e. The van der Waals surface area contributed by atoms with E-state index in [1.807, 2.05) is 18.2 Å². The van der Waals surface area contributed by atoms with Crippen molar-refractivity contribution in [1.82, 2.24) is 0 Å². The first-order chi connectivity index (χ1) is 4.34. The van der Waals surface area contributed by atoms with Crippen LogP contribution in [0, 0.1) is 0 Å². The van der Waals surface area contributed by atoms with Crippen LogP contribution in [0.1, 0.15) is 5.56 Å². The van der Waals surface area contributed by atoms with Gasteiger partial charge in [-0.15, -0.1) is 0 Å². The van der Waals surface area contributed by atoms with E-state index in [0.717, 1.165) is 10.8 Å². The van der Waals surface area contributed by atoms with Crippen molar-refractivity contribution in [3.8, 4) is 5.75 Å². The van der Waals surface area contributed by atoms with Gasteiger partial charge in [-0.3, -0.25) is 0 Å². The predicted molar refractivity (Wildman–Crippen MR) is 37.6 cm³/mol. The SMILES string of the molecule is Oc1ccccc1[CH2][Al]. The monoisotopic (exact) mass is 134 g/mol. The Morgan fingerprint density at radius 1 is 1.33 bits per heavy atom. The Bertz CT molecular complexity index is 198. The lowest BCUT2D eigenvalue weighted by molar-refractivity contribution is 0.470. The molecule has 0 aromatic heterocycles. The Morgan fingerprint density at radius 2 is 2.00 bits per heavy atom. The summed E-state index contributed by atoms with van der Waals surface area (Å²) in [7, 11) is 0. The molecule has 2 heteroatoms. The standard InChI is InChI=1S/C7H7O.Al/c1-6-4-2-3-5-7(6)8;/h2-5,8H,1H2;. The summed E-state index contributed by atoms with van der Waals surface area (Å²) < 4.78 is 0. The van der Waals surface area contributed by atoms with E-state index in [9.17, 15) is 0 Å². The fourth-order valence-corrected chi connectivity index (χ4v) is 1.03. The van der Waals surface area contributed by atoms with E-state index in [1.54, 1.807) is 6.07 Å². The summed E-state index contributed by atoms with van der Waals surface area (Å²) in [5.41, 5.74) is 0.975. The minimum Gasteiger partial charge on any atom is -0.508 e. The predicted octanol–water partition coefficient (Wildman–Crippen LogP) is 1.06. The van der Waals surface area contributed by atoms with E-state index in [1.165, 1.54) is 0 Å². The van der Waals surface area contributed by atoms with Crippen molar-refractivity contribution in [3.05, 3.63) is 29.8 Å². The number of phenolic OH excluding ortho intramolecular Hbond substituents is 1. The zero-order valence-electron chi connectivity index (χ0n) is 5.04. The molecule has 0 unspecified atom stereocenters. The number of hydrogen-bond donors (Lipinski definition) is 1. The van der Waals surface area contributed by atoms with E-state index >= 15 is 0 Å². The number of phenols is 1. The fraction of sp³-hybridized carbons (Fsp3) is 0.143. The Hall–Kier alpha value is -0.448. The van der Waals surface area contributed by atoms with Gasteiger partial charge in [0.15, 0.2) is 0 Å². The zero-order valence-corrected chi connectivity index (χ0v) is 6.20. The van der Waals surface area contributed by atoms with Gasteiger partial charge in [0.25, 0.3) is 0 Å². The van der Waals surface area contributed by atoms with Crippen LogP contribution in [0.5, 0.6) is 5.75 Å². The van der Waals surface area contributed by atoms with Gasteiger partial charge in [-0.05, 0) is 11.6 Å². The average Bonchev–Trinajstić information content (AvgIpc) is 1.89. The number of para-hydroxylation sites is 1. The molecule has 0 spiro atoms. The van der Waals surface area contributed by atoms with Crippen LogP contribution >= 0.6 is 0 Å². The topological polar surface area (TPSA) is 20.2 Å². The van der Waals surface area contributed by atoms with Gasteiger partial charge in [-0.25, -0.2) is 0 Å². The molecule has 0 atom stereocenters. The molecule has 0 amide bonds. The molecule has 1 nitrogen and oxygen atoms in total. The highest BCUT2D eigenvalue weighted by molar-refractivity contribution is 6.08. The third kappa shape index (κ3) is 1.48. The Labute approximate surface area is 62.8 Å². The summed E-state index contributed by atoms with van der Waals surface area (Å²) in [5.74, 6) is 0.382. The quantitative estimate of drug-likeness (QED) is 0.569. The van der Waals surface area contributed by atoms with E-state index < -0.39 is 0 Å². The zero-order chi connectivity index (χ0) is 6.69. The summed E-state index contributed by atoms with van der Waals surface area (Å²) in [6, 6.07) is 7.33. The van der Waals surface area contributed by atoms with Crippen molar-refractivity contribution in [2.24, 2.45) is 0 Å². The molecular formula is C7H7AlO. The summed E-state index contributed by atoms with van der Waals surface area (Å²) in [4.78, 5) is 0. The molecule has 2 radical (unpaired) electrons. The van der Waals surface area contributed by atoms with Crippen molar-refractivity contribution in [2.45, 2.75) is 5.28 Å². The van der Waals surface area contributed by atoms with Crippen molar-refractivity contribution in [2.75, 3.05) is 0 Å². The van der Waals surface area contributed by atoms with Crippen LogP contribution in [-0.4, -0.2) is 21.4 Å². The van der Waals surface area contributed by atoms with Crippen LogP contribution in [0.15, 0.2) is 24.3 Å². The molecule has 1 rings (SSSR count). The van der Waals surface area contributed by atoms with Crippen molar-refractivity contribution < 1.29 is 5.11 Å². The van der Waals surface area contributed by atoms with Crippen LogP contribution in [-0.2, 0) is 5.28 Å². The van der Waals surface area contributed by atoms with Crippen LogP contribution in [0.25, 0.3) is 0 Å². The maximum atomic E-state index is 9.10. The summed E-state index contributed by atoms with van der Waals surface area (Å²) in [6.07, 6.45) is 0. The minimum absolute atomic E-state index is 0.382. The molecule has 0 aliphatic rings. The first kappa shape index (κ1) is 6.67. The molecule has 0 aliphatic carbocycles. The lowest BCUT2D eigenvalue weighted by Crippen LogP contribution is -1.81. The number of benzene rings is 1. The van der Waals surface area contributed by atoms with Gasteiger partial charge in [0, 0.05) is 0 Å². The van der Waals surface area contributed by atoms with E-state index in [2.05, 4.69) is 16.3 Å². The van der Waals surface area contributed by atoms with E-state index in [-0.39, 0.29) is 0 Å². The second-order valence-electron chi connectivity index (χ2n) is 1.83. The second kappa shape index (κ2) is 2.91. The minimum atomic E-state index is 0.382. The highest BCUT2D eigenvalue weighted by Crippen LogP contribution is 2.13. The van der Waals surface area contributed by atoms with Crippen LogP contribution in [0.2, 0.25) is 0 Å². The van der Waals surface area contributed by atoms with Crippen molar-refractivity contribution >= 4 is 16.3 Å². The molecule has 44 valence electrons. The normalized spacial score (nSPS) is 9.33. The molecule has 0 heterocycles. The average molecular weight is 134 g/mol. The highest BCUT2D eigenvalue weighted by atomic mass is 27.0. The molecule has 1 aromatic carbocycles. The van der Waals surface area contributed by atoms with Gasteiger partial charge in [0.05, 0.1) is 0 Å². The Balaban J connectivity index is 3.01. The Morgan fingerprint density at radius 3 is 2.44 bits per heavy atom. The second-order valence-corrected chi connectivity index (χ2v) is 2.24. The number of aromatic hydroxyl groups is 1. The van der Waals surface area contributed by atoms with Crippen molar-refractivity contribution in [3.63, 3.8) is 0 Å². The van der Waals surface area contributed by atoms with Crippen LogP contribution < -0.4 is 0 Å². The number of rotatable bonds is 1. The molecule has 9 heavy (non-hydrogen) atoms. The summed E-state index contributed by atoms with van der Waals surface area (Å²) >= 11 is 2.57. The molecule has 0 saturated heterocycles. The third-order valence-corrected chi connectivity index (χ3v) is 1.65. The van der Waals surface area contributed by atoms with Gasteiger partial charge < -0.3 is 5.11 Å². The fourth-order valence-electron chi connectivity index (χ4n) is 0.683. The van der Waals surface area contributed by atoms with Crippen LogP contribution in [0.4, 0.5) is 0 Å². The van der Waals surface area contributed by atoms with Gasteiger partial charge in [0.2, 0.25) is 0 Å². The molecule has 0 fully saturated rings. The maximum Gasteiger partial charge on any atom is 0.126 e. The summed E-state index contributed by atoms with van der Waals surface area (Å²) in [6.45, 7) is 0. The van der Waals surface area contributed by atoms with Crippen LogP contribution in [0.3, 0.4) is 0 Å². The highest BCUT2D eigenvalue weighted by Gasteiger charge is 1.91. The van der Waals surface area contributed by atoms with Gasteiger partial charge in [-0.2, -0.15) is 0 Å². The molecule has 1 aromatic rings.